The number of methoxy groups -OCH3 is 1. The molecule has 3 rings (SSSR count). The van der Waals surface area contributed by atoms with Crippen molar-refractivity contribution in [1.29, 1.82) is 0 Å². The number of piperidine rings is 1. The number of anilines is 1. The van der Waals surface area contributed by atoms with Crippen LogP contribution >= 0.6 is 0 Å². The number of unbranched alkanes of at least 4 members (excludes halogenated alkanes) is 1. The number of likely N-dealkylation sites (tertiary alicyclic amines) is 1. The fraction of sp³-hybridized carbons (Fsp3) is 0.435. The Morgan fingerprint density at radius 3 is 2.40 bits per heavy atom. The molecule has 6 nitrogen and oxygen atoms in total. The predicted octanol–water partition coefficient (Wildman–Crippen LogP) is 4.46. The lowest BCUT2D eigenvalue weighted by atomic mass is 10.1. The molecular weight excluding hydrogens is 400 g/mol. The number of ether oxygens (including phenoxy) is 1. The average Bonchev–Trinajstić information content (AvgIpc) is 2.78. The summed E-state index contributed by atoms with van der Waals surface area (Å²) in [7, 11) is -2.35. The molecule has 1 N–H and O–H groups in total. The Hall–Kier alpha value is -2.54. The first-order chi connectivity index (χ1) is 14.4. The zero-order chi connectivity index (χ0) is 21.6. The van der Waals surface area contributed by atoms with Crippen molar-refractivity contribution in [2.24, 2.45) is 0 Å². The molecule has 1 aliphatic rings. The first-order valence-corrected chi connectivity index (χ1v) is 12.0. The van der Waals surface area contributed by atoms with Gasteiger partial charge in [0, 0.05) is 18.8 Å². The molecule has 30 heavy (non-hydrogen) atoms. The summed E-state index contributed by atoms with van der Waals surface area (Å²) in [6, 6.07) is 11.8. The highest BCUT2D eigenvalue weighted by molar-refractivity contribution is 7.92. The second-order valence-electron chi connectivity index (χ2n) is 7.62. The van der Waals surface area contributed by atoms with Gasteiger partial charge in [-0.2, -0.15) is 0 Å². The van der Waals surface area contributed by atoms with E-state index >= 15 is 0 Å². The van der Waals surface area contributed by atoms with Gasteiger partial charge >= 0.3 is 0 Å². The van der Waals surface area contributed by atoms with Crippen molar-refractivity contribution >= 4 is 21.6 Å². The lowest BCUT2D eigenvalue weighted by Crippen LogP contribution is -2.35. The zero-order valence-corrected chi connectivity index (χ0v) is 18.5. The number of carbonyl (C=O) groups excluding carboxylic acids is 1. The normalized spacial score (nSPS) is 14.4. The standard InChI is InChI=1S/C23H30N2O4S/c1-3-4-8-18-9-11-19(12-10-18)24-30(27,28)20-13-14-22(29-2)21(17-20)23(26)25-15-6-5-7-16-25/h9-14,17,24H,3-8,15-16H2,1-2H3. The van der Waals surface area contributed by atoms with Gasteiger partial charge in [-0.15, -0.1) is 0 Å². The highest BCUT2D eigenvalue weighted by Gasteiger charge is 2.24. The van der Waals surface area contributed by atoms with E-state index in [9.17, 15) is 13.2 Å². The molecule has 0 radical (unpaired) electrons. The number of amides is 1. The van der Waals surface area contributed by atoms with Gasteiger partial charge in [0.25, 0.3) is 15.9 Å². The summed E-state index contributed by atoms with van der Waals surface area (Å²) in [4.78, 5) is 14.8. The number of hydrogen-bond acceptors (Lipinski definition) is 4. The minimum Gasteiger partial charge on any atom is -0.496 e. The Balaban J connectivity index is 1.82. The van der Waals surface area contributed by atoms with E-state index in [1.165, 1.54) is 24.8 Å². The summed E-state index contributed by atoms with van der Waals surface area (Å²) in [5.41, 5.74) is 1.95. The van der Waals surface area contributed by atoms with Crippen LogP contribution in [-0.4, -0.2) is 39.4 Å². The van der Waals surface area contributed by atoms with Crippen molar-refractivity contribution in [2.45, 2.75) is 50.3 Å². The lowest BCUT2D eigenvalue weighted by Gasteiger charge is -2.27. The fourth-order valence-electron chi connectivity index (χ4n) is 3.62. The minimum atomic E-state index is -3.83. The molecule has 0 aromatic heterocycles. The number of rotatable bonds is 8. The molecule has 7 heteroatoms. The van der Waals surface area contributed by atoms with E-state index in [-0.39, 0.29) is 16.4 Å². The molecule has 0 aliphatic carbocycles. The number of sulfonamides is 1. The highest BCUT2D eigenvalue weighted by Crippen LogP contribution is 2.26. The molecule has 1 saturated heterocycles. The van der Waals surface area contributed by atoms with Crippen molar-refractivity contribution in [3.05, 3.63) is 53.6 Å². The smallest absolute Gasteiger partial charge is 0.261 e. The number of nitrogens with one attached hydrogen (secondary N) is 1. The van der Waals surface area contributed by atoms with Gasteiger partial charge in [0.2, 0.25) is 0 Å². The molecule has 2 aromatic rings. The maximum Gasteiger partial charge on any atom is 0.261 e. The van der Waals surface area contributed by atoms with Gasteiger partial charge in [0.05, 0.1) is 17.6 Å². The van der Waals surface area contributed by atoms with Gasteiger partial charge in [-0.3, -0.25) is 9.52 Å². The van der Waals surface area contributed by atoms with Crippen LogP contribution in [0.4, 0.5) is 5.69 Å². The molecule has 0 bridgehead atoms. The summed E-state index contributed by atoms with van der Waals surface area (Å²) in [5.74, 6) is 0.189. The van der Waals surface area contributed by atoms with Crippen LogP contribution in [-0.2, 0) is 16.4 Å². The predicted molar refractivity (Wildman–Crippen MR) is 119 cm³/mol. The van der Waals surface area contributed by atoms with Crippen LogP contribution < -0.4 is 9.46 Å². The molecule has 162 valence electrons. The van der Waals surface area contributed by atoms with Gasteiger partial charge in [-0.1, -0.05) is 25.5 Å². The summed E-state index contributed by atoms with van der Waals surface area (Å²) >= 11 is 0. The molecule has 0 spiro atoms. The van der Waals surface area contributed by atoms with Gasteiger partial charge in [-0.05, 0) is 68.0 Å². The Morgan fingerprint density at radius 2 is 1.77 bits per heavy atom. The summed E-state index contributed by atoms with van der Waals surface area (Å²) in [6.07, 6.45) is 6.22. The summed E-state index contributed by atoms with van der Waals surface area (Å²) < 4.78 is 33.8. The van der Waals surface area contributed by atoms with Crippen LogP contribution in [0.2, 0.25) is 0 Å². The molecule has 1 heterocycles. The minimum absolute atomic E-state index is 0.0405. The van der Waals surface area contributed by atoms with E-state index in [1.807, 2.05) is 12.1 Å². The maximum absolute atomic E-state index is 13.0. The third-order valence-corrected chi connectivity index (χ3v) is 6.76. The van der Waals surface area contributed by atoms with E-state index in [1.54, 1.807) is 23.1 Å². The second kappa shape index (κ2) is 9.98. The maximum atomic E-state index is 13.0. The van der Waals surface area contributed by atoms with Gasteiger partial charge in [0.15, 0.2) is 0 Å². The third kappa shape index (κ3) is 5.33. The second-order valence-corrected chi connectivity index (χ2v) is 9.30. The van der Waals surface area contributed by atoms with E-state index in [4.69, 9.17) is 4.74 Å². The van der Waals surface area contributed by atoms with Crippen molar-refractivity contribution < 1.29 is 17.9 Å². The summed E-state index contributed by atoms with van der Waals surface area (Å²) in [5, 5.41) is 0. The Bertz CT molecular complexity index is 965. The molecular formula is C23H30N2O4S. The molecule has 0 saturated carbocycles. The molecule has 1 aliphatic heterocycles. The third-order valence-electron chi connectivity index (χ3n) is 5.38. The average molecular weight is 431 g/mol. The molecule has 0 atom stereocenters. The van der Waals surface area contributed by atoms with Gasteiger partial charge < -0.3 is 9.64 Å². The van der Waals surface area contributed by atoms with Crippen LogP contribution in [0.15, 0.2) is 47.4 Å². The topological polar surface area (TPSA) is 75.7 Å². The lowest BCUT2D eigenvalue weighted by molar-refractivity contribution is 0.0720. The Kier molecular flexibility index (Phi) is 7.37. The van der Waals surface area contributed by atoms with E-state index in [0.29, 0.717) is 24.5 Å². The monoisotopic (exact) mass is 430 g/mol. The van der Waals surface area contributed by atoms with Crippen molar-refractivity contribution in [1.82, 2.24) is 4.90 Å². The Labute approximate surface area is 179 Å². The Morgan fingerprint density at radius 1 is 1.07 bits per heavy atom. The van der Waals surface area contributed by atoms with Crippen LogP contribution in [0.25, 0.3) is 0 Å². The zero-order valence-electron chi connectivity index (χ0n) is 17.7. The molecule has 0 unspecified atom stereocenters. The highest BCUT2D eigenvalue weighted by atomic mass is 32.2. The number of benzene rings is 2. The summed E-state index contributed by atoms with van der Waals surface area (Å²) in [6.45, 7) is 3.50. The van der Waals surface area contributed by atoms with Crippen molar-refractivity contribution in [3.8, 4) is 5.75 Å². The quantitative estimate of drug-likeness (QED) is 0.671. The molecule has 2 aromatic carbocycles. The molecule has 1 fully saturated rings. The van der Waals surface area contributed by atoms with Gasteiger partial charge in [0.1, 0.15) is 5.75 Å². The largest absolute Gasteiger partial charge is 0.496 e. The van der Waals surface area contributed by atoms with Crippen LogP contribution in [0.5, 0.6) is 5.75 Å². The van der Waals surface area contributed by atoms with Crippen LogP contribution in [0, 0.1) is 0 Å². The van der Waals surface area contributed by atoms with E-state index in [0.717, 1.165) is 38.5 Å². The van der Waals surface area contributed by atoms with E-state index in [2.05, 4.69) is 11.6 Å². The van der Waals surface area contributed by atoms with Crippen molar-refractivity contribution in [3.63, 3.8) is 0 Å². The van der Waals surface area contributed by atoms with E-state index < -0.39 is 10.0 Å². The van der Waals surface area contributed by atoms with Crippen LogP contribution in [0.3, 0.4) is 0 Å². The number of nitrogens with zero attached hydrogens (tertiary/aromatic N) is 1. The number of aryl methyl sites for hydroxylation is 1. The molecule has 1 amide bonds. The number of hydrogen-bond donors (Lipinski definition) is 1. The van der Waals surface area contributed by atoms with Gasteiger partial charge in [-0.25, -0.2) is 8.42 Å². The first kappa shape index (κ1) is 22.2. The number of carbonyl (C=O) groups is 1. The first-order valence-electron chi connectivity index (χ1n) is 10.5. The van der Waals surface area contributed by atoms with Crippen molar-refractivity contribution in [2.75, 3.05) is 24.9 Å². The van der Waals surface area contributed by atoms with Crippen LogP contribution in [0.1, 0.15) is 54.9 Å². The fourth-order valence-corrected chi connectivity index (χ4v) is 4.71. The SMILES string of the molecule is CCCCc1ccc(NS(=O)(=O)c2ccc(OC)c(C(=O)N3CCCCC3)c2)cc1.